The van der Waals surface area contributed by atoms with E-state index in [2.05, 4.69) is 6.92 Å². The fourth-order valence-corrected chi connectivity index (χ4v) is 4.17. The molecule has 20 heavy (non-hydrogen) atoms. The van der Waals surface area contributed by atoms with Gasteiger partial charge in [-0.1, -0.05) is 19.8 Å². The van der Waals surface area contributed by atoms with Crippen LogP contribution in [-0.2, 0) is 22.8 Å². The molecule has 1 aliphatic heterocycles. The number of ether oxygens (including phenoxy) is 2. The lowest BCUT2D eigenvalue weighted by Crippen LogP contribution is -2.46. The Morgan fingerprint density at radius 2 is 1.70 bits per heavy atom. The van der Waals surface area contributed by atoms with Gasteiger partial charge in [-0.15, -0.1) is 0 Å². The van der Waals surface area contributed by atoms with Crippen LogP contribution in [0.25, 0.3) is 0 Å². The van der Waals surface area contributed by atoms with Gasteiger partial charge in [0.2, 0.25) is 0 Å². The van der Waals surface area contributed by atoms with Crippen molar-refractivity contribution >= 4 is 8.80 Å². The van der Waals surface area contributed by atoms with Gasteiger partial charge in [0.1, 0.15) is 0 Å². The predicted octanol–water partition coefficient (Wildman–Crippen LogP) is 2.48. The zero-order chi connectivity index (χ0) is 14.9. The van der Waals surface area contributed by atoms with Crippen LogP contribution in [-0.4, -0.2) is 56.6 Å². The predicted molar refractivity (Wildman–Crippen MR) is 79.8 cm³/mol. The molecule has 0 aliphatic carbocycles. The smallest absolute Gasteiger partial charge is 0.381 e. The topological polar surface area (TPSA) is 46.2 Å². The van der Waals surface area contributed by atoms with Crippen LogP contribution in [0.2, 0.25) is 6.04 Å². The third kappa shape index (κ3) is 5.09. The molecule has 0 N–H and O–H groups in total. The van der Waals surface area contributed by atoms with Crippen molar-refractivity contribution in [3.63, 3.8) is 0 Å². The van der Waals surface area contributed by atoms with E-state index < -0.39 is 8.80 Å². The fourth-order valence-electron chi connectivity index (χ4n) is 2.48. The molecule has 1 fully saturated rings. The molecule has 0 saturated carbocycles. The molecule has 1 saturated heterocycles. The lowest BCUT2D eigenvalue weighted by molar-refractivity contribution is -0.153. The minimum Gasteiger partial charge on any atom is -0.381 e. The number of unbranched alkanes of at least 4 members (excludes halogenated alkanes) is 1. The van der Waals surface area contributed by atoms with Gasteiger partial charge >= 0.3 is 8.80 Å². The molecule has 0 radical (unpaired) electrons. The molecule has 0 atom stereocenters. The Kier molecular flexibility index (Phi) is 8.24. The summed E-state index contributed by atoms with van der Waals surface area (Å²) in [5, 5.41) is 0. The monoisotopic (exact) mass is 306 g/mol. The van der Waals surface area contributed by atoms with Crippen molar-refractivity contribution in [2.75, 3.05) is 47.8 Å². The molecule has 0 aromatic rings. The van der Waals surface area contributed by atoms with Crippen LogP contribution in [0.3, 0.4) is 0 Å². The van der Waals surface area contributed by atoms with Crippen molar-refractivity contribution in [2.24, 2.45) is 5.41 Å². The average molecular weight is 306 g/mol. The largest absolute Gasteiger partial charge is 0.500 e. The molecule has 0 spiro atoms. The Labute approximate surface area is 124 Å². The van der Waals surface area contributed by atoms with Gasteiger partial charge < -0.3 is 22.8 Å². The van der Waals surface area contributed by atoms with E-state index in [1.165, 1.54) is 19.3 Å². The Morgan fingerprint density at radius 3 is 2.15 bits per heavy atom. The van der Waals surface area contributed by atoms with E-state index in [4.69, 9.17) is 22.8 Å². The molecule has 120 valence electrons. The molecule has 0 amide bonds. The molecule has 0 bridgehead atoms. The third-order valence-corrected chi connectivity index (χ3v) is 6.82. The highest BCUT2D eigenvalue weighted by molar-refractivity contribution is 6.60. The van der Waals surface area contributed by atoms with Crippen LogP contribution in [0.15, 0.2) is 0 Å². The highest BCUT2D eigenvalue weighted by Gasteiger charge is 2.39. The summed E-state index contributed by atoms with van der Waals surface area (Å²) in [5.74, 6) is 0. The zero-order valence-corrected chi connectivity index (χ0v) is 14.4. The van der Waals surface area contributed by atoms with Crippen LogP contribution < -0.4 is 0 Å². The first-order valence-electron chi connectivity index (χ1n) is 7.47. The summed E-state index contributed by atoms with van der Waals surface area (Å²) in [4.78, 5) is 0. The van der Waals surface area contributed by atoms with Gasteiger partial charge in [0.05, 0.1) is 19.8 Å². The number of rotatable bonds is 12. The minimum absolute atomic E-state index is 0.272. The first kappa shape index (κ1) is 18.1. The maximum atomic E-state index is 5.84. The van der Waals surface area contributed by atoms with E-state index in [9.17, 15) is 0 Å². The van der Waals surface area contributed by atoms with E-state index in [1.54, 1.807) is 21.3 Å². The van der Waals surface area contributed by atoms with Crippen LogP contribution >= 0.6 is 0 Å². The summed E-state index contributed by atoms with van der Waals surface area (Å²) >= 11 is 0. The second-order valence-corrected chi connectivity index (χ2v) is 8.64. The second kappa shape index (κ2) is 9.12. The number of hydrogen-bond acceptors (Lipinski definition) is 5. The van der Waals surface area contributed by atoms with Crippen molar-refractivity contribution in [2.45, 2.75) is 38.7 Å². The number of hydrogen-bond donors (Lipinski definition) is 0. The Hall–Kier alpha value is 0.0169. The van der Waals surface area contributed by atoms with E-state index in [0.29, 0.717) is 0 Å². The van der Waals surface area contributed by atoms with Gasteiger partial charge in [0, 0.05) is 39.4 Å². The van der Waals surface area contributed by atoms with Crippen molar-refractivity contribution in [1.29, 1.82) is 0 Å². The summed E-state index contributed by atoms with van der Waals surface area (Å²) in [6, 6.07) is 0.787. The molecular weight excluding hydrogens is 276 g/mol. The summed E-state index contributed by atoms with van der Waals surface area (Å²) in [6.45, 7) is 5.44. The summed E-state index contributed by atoms with van der Waals surface area (Å²) in [7, 11) is 2.50. The Bertz CT molecular complexity index is 246. The first-order chi connectivity index (χ1) is 9.66. The quantitative estimate of drug-likeness (QED) is 0.409. The van der Waals surface area contributed by atoms with E-state index in [-0.39, 0.29) is 5.41 Å². The van der Waals surface area contributed by atoms with Crippen molar-refractivity contribution in [3.8, 4) is 0 Å². The van der Waals surface area contributed by atoms with E-state index in [0.717, 1.165) is 38.9 Å². The van der Waals surface area contributed by atoms with Gasteiger partial charge in [-0.3, -0.25) is 0 Å². The Morgan fingerprint density at radius 1 is 1.05 bits per heavy atom. The SMILES string of the molecule is CCCCC1(COCCC[Si](OC)(OC)OC)COC1. The maximum absolute atomic E-state index is 5.84. The second-order valence-electron chi connectivity index (χ2n) is 5.55. The minimum atomic E-state index is -2.43. The molecule has 1 aliphatic rings. The normalized spacial score (nSPS) is 18.0. The molecule has 6 heteroatoms. The molecular formula is C14H30O5Si. The van der Waals surface area contributed by atoms with Gasteiger partial charge in [0.25, 0.3) is 0 Å². The highest BCUT2D eigenvalue weighted by Crippen LogP contribution is 2.33. The van der Waals surface area contributed by atoms with Gasteiger partial charge in [-0.25, -0.2) is 0 Å². The summed E-state index contributed by atoms with van der Waals surface area (Å²) in [6.07, 6.45) is 4.58. The third-order valence-electron chi connectivity index (χ3n) is 3.99. The summed E-state index contributed by atoms with van der Waals surface area (Å²) in [5.41, 5.74) is 0.272. The standard InChI is InChI=1S/C14H30O5Si/c1-5-6-8-14(12-19-13-14)11-18-9-7-10-20(15-2,16-3)17-4/h5-13H2,1-4H3. The summed E-state index contributed by atoms with van der Waals surface area (Å²) < 4.78 is 27.4. The zero-order valence-electron chi connectivity index (χ0n) is 13.4. The van der Waals surface area contributed by atoms with Gasteiger partial charge in [-0.2, -0.15) is 0 Å². The lowest BCUT2D eigenvalue weighted by atomic mass is 9.82. The van der Waals surface area contributed by atoms with Gasteiger partial charge in [0.15, 0.2) is 0 Å². The Balaban J connectivity index is 2.17. The molecule has 1 rings (SSSR count). The first-order valence-corrected chi connectivity index (χ1v) is 9.40. The highest BCUT2D eigenvalue weighted by atomic mass is 28.4. The van der Waals surface area contributed by atoms with Crippen LogP contribution in [0.5, 0.6) is 0 Å². The molecule has 1 heterocycles. The van der Waals surface area contributed by atoms with Crippen molar-refractivity contribution < 1.29 is 22.8 Å². The van der Waals surface area contributed by atoms with E-state index >= 15 is 0 Å². The van der Waals surface area contributed by atoms with Gasteiger partial charge in [-0.05, 0) is 12.8 Å². The molecule has 0 aromatic carbocycles. The fraction of sp³-hybridized carbons (Fsp3) is 1.00. The lowest BCUT2D eigenvalue weighted by Gasteiger charge is -2.41. The van der Waals surface area contributed by atoms with Crippen molar-refractivity contribution in [3.05, 3.63) is 0 Å². The van der Waals surface area contributed by atoms with E-state index in [1.807, 2.05) is 0 Å². The van der Waals surface area contributed by atoms with Crippen LogP contribution in [0, 0.1) is 5.41 Å². The molecule has 5 nitrogen and oxygen atoms in total. The van der Waals surface area contributed by atoms with Crippen molar-refractivity contribution in [1.82, 2.24) is 0 Å². The average Bonchev–Trinajstić information content (AvgIpc) is 2.45. The van der Waals surface area contributed by atoms with Crippen LogP contribution in [0.4, 0.5) is 0 Å². The van der Waals surface area contributed by atoms with Crippen LogP contribution in [0.1, 0.15) is 32.6 Å². The molecule has 0 aromatic heterocycles. The maximum Gasteiger partial charge on any atom is 0.500 e. The molecule has 0 unspecified atom stereocenters.